The average molecular weight is 272 g/mol. The SMILES string of the molecule is CCNCCN(C)c1ncc(C)cc1Br. The van der Waals surface area contributed by atoms with Crippen LogP contribution in [0, 0.1) is 6.92 Å². The van der Waals surface area contributed by atoms with Gasteiger partial charge in [-0.1, -0.05) is 6.92 Å². The number of nitrogens with zero attached hydrogens (tertiary/aromatic N) is 2. The second-order valence-electron chi connectivity index (χ2n) is 3.59. The van der Waals surface area contributed by atoms with Gasteiger partial charge in [-0.15, -0.1) is 0 Å². The Hall–Kier alpha value is -0.610. The molecule has 0 aromatic carbocycles. The minimum Gasteiger partial charge on any atom is -0.357 e. The second kappa shape index (κ2) is 6.08. The fraction of sp³-hybridized carbons (Fsp3) is 0.545. The van der Waals surface area contributed by atoms with Crippen LogP contribution in [0.5, 0.6) is 0 Å². The summed E-state index contributed by atoms with van der Waals surface area (Å²) in [5, 5.41) is 3.30. The molecule has 0 aliphatic rings. The first-order valence-electron chi connectivity index (χ1n) is 5.19. The molecule has 1 aromatic heterocycles. The molecule has 0 radical (unpaired) electrons. The van der Waals surface area contributed by atoms with E-state index in [1.54, 1.807) is 0 Å². The number of nitrogens with one attached hydrogen (secondary N) is 1. The van der Waals surface area contributed by atoms with Gasteiger partial charge < -0.3 is 10.2 Å². The molecular weight excluding hydrogens is 254 g/mol. The van der Waals surface area contributed by atoms with Crippen LogP contribution in [-0.2, 0) is 0 Å². The third-order valence-electron chi connectivity index (χ3n) is 2.19. The van der Waals surface area contributed by atoms with Crippen LogP contribution < -0.4 is 10.2 Å². The van der Waals surface area contributed by atoms with Gasteiger partial charge in [0.1, 0.15) is 5.82 Å². The van der Waals surface area contributed by atoms with E-state index in [1.807, 2.05) is 13.1 Å². The molecule has 1 rings (SSSR count). The van der Waals surface area contributed by atoms with Gasteiger partial charge in [0.2, 0.25) is 0 Å². The zero-order chi connectivity index (χ0) is 11.3. The maximum absolute atomic E-state index is 4.41. The van der Waals surface area contributed by atoms with E-state index >= 15 is 0 Å². The molecule has 84 valence electrons. The lowest BCUT2D eigenvalue weighted by molar-refractivity contribution is 0.702. The van der Waals surface area contributed by atoms with Crippen molar-refractivity contribution in [2.45, 2.75) is 13.8 Å². The maximum atomic E-state index is 4.41. The van der Waals surface area contributed by atoms with Crippen LogP contribution in [0.2, 0.25) is 0 Å². The minimum atomic E-state index is 0.961. The first-order chi connectivity index (χ1) is 7.15. The fourth-order valence-electron chi connectivity index (χ4n) is 1.34. The Bertz CT molecular complexity index is 315. The predicted octanol–water partition coefficient (Wildman–Crippen LogP) is 2.20. The number of hydrogen-bond donors (Lipinski definition) is 1. The molecule has 0 saturated heterocycles. The second-order valence-corrected chi connectivity index (χ2v) is 4.45. The van der Waals surface area contributed by atoms with E-state index in [0.717, 1.165) is 29.9 Å². The van der Waals surface area contributed by atoms with Crippen LogP contribution in [0.3, 0.4) is 0 Å². The van der Waals surface area contributed by atoms with Crippen molar-refractivity contribution < 1.29 is 0 Å². The Kier molecular flexibility index (Phi) is 5.05. The van der Waals surface area contributed by atoms with Gasteiger partial charge in [0, 0.05) is 26.3 Å². The van der Waals surface area contributed by atoms with Crippen LogP contribution >= 0.6 is 15.9 Å². The van der Waals surface area contributed by atoms with E-state index in [9.17, 15) is 0 Å². The molecule has 0 aliphatic carbocycles. The molecule has 0 spiro atoms. The molecule has 0 aliphatic heterocycles. The molecule has 1 heterocycles. The standard InChI is InChI=1S/C11H18BrN3/c1-4-13-5-6-15(3)11-10(12)7-9(2)8-14-11/h7-8,13H,4-6H2,1-3H3. The number of aryl methyl sites for hydroxylation is 1. The van der Waals surface area contributed by atoms with E-state index < -0.39 is 0 Å². The van der Waals surface area contributed by atoms with Gasteiger partial charge >= 0.3 is 0 Å². The highest BCUT2D eigenvalue weighted by molar-refractivity contribution is 9.10. The first kappa shape index (κ1) is 12.5. The minimum absolute atomic E-state index is 0.961. The lowest BCUT2D eigenvalue weighted by Gasteiger charge is -2.19. The third kappa shape index (κ3) is 3.80. The van der Waals surface area contributed by atoms with E-state index in [2.05, 4.69) is 51.2 Å². The lowest BCUT2D eigenvalue weighted by atomic mass is 10.3. The van der Waals surface area contributed by atoms with Crippen LogP contribution in [0.4, 0.5) is 5.82 Å². The highest BCUT2D eigenvalue weighted by Gasteiger charge is 2.06. The quantitative estimate of drug-likeness (QED) is 0.833. The number of aromatic nitrogens is 1. The summed E-state index contributed by atoms with van der Waals surface area (Å²) >= 11 is 3.53. The van der Waals surface area contributed by atoms with Gasteiger partial charge in [-0.05, 0) is 41.0 Å². The van der Waals surface area contributed by atoms with E-state index in [0.29, 0.717) is 0 Å². The topological polar surface area (TPSA) is 28.2 Å². The Labute approximate surface area is 100 Å². The lowest BCUT2D eigenvalue weighted by Crippen LogP contribution is -2.29. The monoisotopic (exact) mass is 271 g/mol. The summed E-state index contributed by atoms with van der Waals surface area (Å²) in [6.07, 6.45) is 1.89. The average Bonchev–Trinajstić information content (AvgIpc) is 2.17. The van der Waals surface area contributed by atoms with Crippen molar-refractivity contribution in [1.29, 1.82) is 0 Å². The Morgan fingerprint density at radius 2 is 2.27 bits per heavy atom. The summed E-state index contributed by atoms with van der Waals surface area (Å²) in [6, 6.07) is 2.09. The van der Waals surface area contributed by atoms with E-state index in [4.69, 9.17) is 0 Å². The first-order valence-corrected chi connectivity index (χ1v) is 5.98. The smallest absolute Gasteiger partial charge is 0.142 e. The molecule has 4 heteroatoms. The van der Waals surface area contributed by atoms with Gasteiger partial charge in [0.25, 0.3) is 0 Å². The molecule has 0 bridgehead atoms. The predicted molar refractivity (Wildman–Crippen MR) is 68.5 cm³/mol. The fourth-order valence-corrected chi connectivity index (χ4v) is 2.10. The van der Waals surface area contributed by atoms with Gasteiger partial charge in [-0.25, -0.2) is 4.98 Å². The summed E-state index contributed by atoms with van der Waals surface area (Å²) in [4.78, 5) is 6.55. The number of halogens is 1. The Morgan fingerprint density at radius 3 is 2.87 bits per heavy atom. The van der Waals surface area contributed by atoms with Crippen molar-refractivity contribution in [2.24, 2.45) is 0 Å². The maximum Gasteiger partial charge on any atom is 0.142 e. The van der Waals surface area contributed by atoms with Crippen molar-refractivity contribution in [3.05, 3.63) is 22.3 Å². The largest absolute Gasteiger partial charge is 0.357 e. The number of pyridine rings is 1. The summed E-state index contributed by atoms with van der Waals surface area (Å²) < 4.78 is 1.06. The van der Waals surface area contributed by atoms with Crippen molar-refractivity contribution in [2.75, 3.05) is 31.6 Å². The van der Waals surface area contributed by atoms with Crippen LogP contribution in [0.15, 0.2) is 16.7 Å². The molecule has 0 fully saturated rings. The molecule has 0 unspecified atom stereocenters. The highest BCUT2D eigenvalue weighted by Crippen LogP contribution is 2.22. The number of anilines is 1. The van der Waals surface area contributed by atoms with Crippen LogP contribution in [-0.4, -0.2) is 31.7 Å². The van der Waals surface area contributed by atoms with E-state index in [-0.39, 0.29) is 0 Å². The van der Waals surface area contributed by atoms with Crippen LogP contribution in [0.1, 0.15) is 12.5 Å². The molecule has 0 saturated carbocycles. The van der Waals surface area contributed by atoms with Gasteiger partial charge in [-0.3, -0.25) is 0 Å². The summed E-state index contributed by atoms with van der Waals surface area (Å²) in [7, 11) is 2.06. The molecule has 0 atom stereocenters. The summed E-state index contributed by atoms with van der Waals surface area (Å²) in [6.45, 7) is 7.11. The zero-order valence-corrected chi connectivity index (χ0v) is 11.1. The molecule has 15 heavy (non-hydrogen) atoms. The molecule has 1 aromatic rings. The normalized spacial score (nSPS) is 10.4. The molecule has 3 nitrogen and oxygen atoms in total. The molecule has 0 amide bonds. The van der Waals surface area contributed by atoms with Crippen molar-refractivity contribution in [3.63, 3.8) is 0 Å². The molecule has 1 N–H and O–H groups in total. The van der Waals surface area contributed by atoms with Crippen molar-refractivity contribution >= 4 is 21.7 Å². The number of likely N-dealkylation sites (N-methyl/N-ethyl adjacent to an activating group) is 2. The third-order valence-corrected chi connectivity index (χ3v) is 2.78. The Morgan fingerprint density at radius 1 is 1.53 bits per heavy atom. The van der Waals surface area contributed by atoms with Crippen molar-refractivity contribution in [3.8, 4) is 0 Å². The zero-order valence-electron chi connectivity index (χ0n) is 9.55. The van der Waals surface area contributed by atoms with Gasteiger partial charge in [-0.2, -0.15) is 0 Å². The van der Waals surface area contributed by atoms with Gasteiger partial charge in [0.05, 0.1) is 4.47 Å². The van der Waals surface area contributed by atoms with Crippen molar-refractivity contribution in [1.82, 2.24) is 10.3 Å². The highest BCUT2D eigenvalue weighted by atomic mass is 79.9. The number of hydrogen-bond acceptors (Lipinski definition) is 3. The summed E-state index contributed by atoms with van der Waals surface area (Å²) in [5.41, 5.74) is 1.17. The van der Waals surface area contributed by atoms with Gasteiger partial charge in [0.15, 0.2) is 0 Å². The Balaban J connectivity index is 2.61. The molecular formula is C11H18BrN3. The van der Waals surface area contributed by atoms with Crippen LogP contribution in [0.25, 0.3) is 0 Å². The summed E-state index contributed by atoms with van der Waals surface area (Å²) in [5.74, 6) is 0.999. The van der Waals surface area contributed by atoms with E-state index in [1.165, 1.54) is 5.56 Å². The number of rotatable bonds is 5.